The van der Waals surface area contributed by atoms with Gasteiger partial charge in [0.25, 0.3) is 0 Å². The predicted octanol–water partition coefficient (Wildman–Crippen LogP) is 1.48. The monoisotopic (exact) mass is 298 g/mol. The molecule has 1 amide bonds. The first-order valence-corrected chi connectivity index (χ1v) is 7.41. The van der Waals surface area contributed by atoms with Gasteiger partial charge in [0.05, 0.1) is 5.25 Å². The lowest BCUT2D eigenvalue weighted by Gasteiger charge is -2.12. The maximum atomic E-state index is 12.1. The lowest BCUT2D eigenvalue weighted by atomic mass is 10.3. The number of amides is 1. The van der Waals surface area contributed by atoms with Crippen molar-refractivity contribution < 1.29 is 4.79 Å². The van der Waals surface area contributed by atoms with E-state index in [-0.39, 0.29) is 11.2 Å². The maximum absolute atomic E-state index is 12.1. The van der Waals surface area contributed by atoms with Gasteiger partial charge in [0, 0.05) is 7.05 Å². The fourth-order valence-electron chi connectivity index (χ4n) is 1.36. The Labute approximate surface area is 118 Å². The van der Waals surface area contributed by atoms with Gasteiger partial charge in [0.1, 0.15) is 11.3 Å². The smallest absolute Gasteiger partial charge is 0.239 e. The van der Waals surface area contributed by atoms with Crippen molar-refractivity contribution in [1.82, 2.24) is 25.0 Å². The van der Waals surface area contributed by atoms with Crippen molar-refractivity contribution in [1.29, 1.82) is 0 Å². The van der Waals surface area contributed by atoms with Gasteiger partial charge in [-0.15, -0.1) is 20.4 Å². The standard InChI is InChI=1S/C10H14N6OS2/c1-4-7(19-10-15-11-5-16(10)3)8(17)12-9-14-13-6(2)18-9/h5,7H,4H2,1-3H3,(H,12,14,17)/t7-/m0/s1. The highest BCUT2D eigenvalue weighted by Crippen LogP contribution is 2.24. The lowest BCUT2D eigenvalue weighted by Crippen LogP contribution is -2.24. The molecule has 0 saturated carbocycles. The van der Waals surface area contributed by atoms with Crippen LogP contribution < -0.4 is 5.32 Å². The van der Waals surface area contributed by atoms with Gasteiger partial charge in [-0.25, -0.2) is 0 Å². The second kappa shape index (κ2) is 6.11. The van der Waals surface area contributed by atoms with E-state index < -0.39 is 0 Å². The van der Waals surface area contributed by atoms with Gasteiger partial charge >= 0.3 is 0 Å². The van der Waals surface area contributed by atoms with Crippen molar-refractivity contribution in [2.45, 2.75) is 30.7 Å². The summed E-state index contributed by atoms with van der Waals surface area (Å²) in [6.45, 7) is 3.80. The molecule has 0 fully saturated rings. The normalized spacial score (nSPS) is 12.4. The van der Waals surface area contributed by atoms with Crippen molar-refractivity contribution in [2.75, 3.05) is 5.32 Å². The van der Waals surface area contributed by atoms with Crippen LogP contribution in [0.3, 0.4) is 0 Å². The summed E-state index contributed by atoms with van der Waals surface area (Å²) in [5.74, 6) is -0.0911. The van der Waals surface area contributed by atoms with Crippen molar-refractivity contribution in [3.05, 3.63) is 11.3 Å². The van der Waals surface area contributed by atoms with E-state index in [2.05, 4.69) is 25.7 Å². The van der Waals surface area contributed by atoms with Crippen LogP contribution in [-0.4, -0.2) is 36.1 Å². The van der Waals surface area contributed by atoms with Crippen LogP contribution in [0.1, 0.15) is 18.4 Å². The minimum Gasteiger partial charge on any atom is -0.312 e. The number of anilines is 1. The van der Waals surface area contributed by atoms with Crippen molar-refractivity contribution in [2.24, 2.45) is 7.05 Å². The fourth-order valence-corrected chi connectivity index (χ4v) is 2.85. The van der Waals surface area contributed by atoms with Gasteiger partial charge in [0.2, 0.25) is 11.0 Å². The Balaban J connectivity index is 2.01. The zero-order chi connectivity index (χ0) is 13.8. The number of hydrogen-bond acceptors (Lipinski definition) is 7. The second-order valence-electron chi connectivity index (χ2n) is 3.85. The van der Waals surface area contributed by atoms with E-state index in [9.17, 15) is 4.79 Å². The van der Waals surface area contributed by atoms with E-state index >= 15 is 0 Å². The van der Waals surface area contributed by atoms with Crippen LogP contribution in [0.15, 0.2) is 11.5 Å². The van der Waals surface area contributed by atoms with Crippen molar-refractivity contribution in [3.8, 4) is 0 Å². The Morgan fingerprint density at radius 3 is 2.84 bits per heavy atom. The molecule has 2 aromatic rings. The van der Waals surface area contributed by atoms with Crippen LogP contribution >= 0.6 is 23.1 Å². The fraction of sp³-hybridized carbons (Fsp3) is 0.500. The summed E-state index contributed by atoms with van der Waals surface area (Å²) in [6.07, 6.45) is 2.31. The summed E-state index contributed by atoms with van der Waals surface area (Å²) in [5.41, 5.74) is 0. The van der Waals surface area contributed by atoms with Crippen LogP contribution in [0.4, 0.5) is 5.13 Å². The number of carbonyl (C=O) groups excluding carboxylic acids is 1. The molecular weight excluding hydrogens is 284 g/mol. The molecule has 102 valence electrons. The van der Waals surface area contributed by atoms with Crippen LogP contribution in [-0.2, 0) is 11.8 Å². The second-order valence-corrected chi connectivity index (χ2v) is 6.21. The zero-order valence-corrected chi connectivity index (χ0v) is 12.5. The molecule has 0 unspecified atom stereocenters. The number of aromatic nitrogens is 5. The average Bonchev–Trinajstić information content (AvgIpc) is 2.95. The highest BCUT2D eigenvalue weighted by Gasteiger charge is 2.21. The van der Waals surface area contributed by atoms with Gasteiger partial charge in [-0.3, -0.25) is 10.1 Å². The molecule has 2 heterocycles. The predicted molar refractivity (Wildman–Crippen MR) is 74.2 cm³/mol. The lowest BCUT2D eigenvalue weighted by molar-refractivity contribution is -0.115. The van der Waals surface area contributed by atoms with E-state index in [4.69, 9.17) is 0 Å². The van der Waals surface area contributed by atoms with E-state index in [1.807, 2.05) is 20.9 Å². The first kappa shape index (κ1) is 13.9. The van der Waals surface area contributed by atoms with Crippen LogP contribution in [0.5, 0.6) is 0 Å². The molecule has 0 radical (unpaired) electrons. The molecule has 9 heteroatoms. The molecule has 1 N–H and O–H groups in total. The van der Waals surface area contributed by atoms with Crippen molar-refractivity contribution in [3.63, 3.8) is 0 Å². The number of nitrogens with one attached hydrogen (secondary N) is 1. The number of rotatable bonds is 5. The molecule has 0 spiro atoms. The third-order valence-electron chi connectivity index (χ3n) is 2.34. The summed E-state index contributed by atoms with van der Waals surface area (Å²) in [4.78, 5) is 12.1. The number of thioether (sulfide) groups is 1. The summed E-state index contributed by atoms with van der Waals surface area (Å²) in [7, 11) is 1.85. The van der Waals surface area contributed by atoms with Gasteiger partial charge in [0.15, 0.2) is 5.16 Å². The van der Waals surface area contributed by atoms with Crippen molar-refractivity contribution >= 4 is 34.1 Å². The molecule has 2 aromatic heterocycles. The molecule has 0 aliphatic heterocycles. The minimum atomic E-state index is -0.230. The molecule has 2 rings (SSSR count). The van der Waals surface area contributed by atoms with Gasteiger partial charge in [-0.2, -0.15) is 0 Å². The van der Waals surface area contributed by atoms with Gasteiger partial charge < -0.3 is 4.57 Å². The molecule has 0 saturated heterocycles. The van der Waals surface area contributed by atoms with Crippen LogP contribution in [0.2, 0.25) is 0 Å². The van der Waals surface area contributed by atoms with E-state index in [0.717, 1.165) is 10.2 Å². The molecule has 0 aliphatic rings. The molecule has 1 atom stereocenters. The first-order chi connectivity index (χ1) is 9.10. The Kier molecular flexibility index (Phi) is 4.48. The Morgan fingerprint density at radius 1 is 1.53 bits per heavy atom. The zero-order valence-electron chi connectivity index (χ0n) is 10.8. The van der Waals surface area contributed by atoms with E-state index in [1.165, 1.54) is 23.1 Å². The number of aryl methyl sites for hydroxylation is 2. The Bertz CT molecular complexity index is 566. The molecule has 0 bridgehead atoms. The van der Waals surface area contributed by atoms with Gasteiger partial charge in [-0.1, -0.05) is 30.0 Å². The minimum absolute atomic E-state index is 0.0911. The molecule has 0 aliphatic carbocycles. The highest BCUT2D eigenvalue weighted by molar-refractivity contribution is 8.00. The quantitative estimate of drug-likeness (QED) is 0.842. The first-order valence-electron chi connectivity index (χ1n) is 5.71. The summed E-state index contributed by atoms with van der Waals surface area (Å²) in [5, 5.41) is 20.1. The average molecular weight is 298 g/mol. The molecular formula is C10H14N6OS2. The molecule has 0 aromatic carbocycles. The highest BCUT2D eigenvalue weighted by atomic mass is 32.2. The molecule has 7 nitrogen and oxygen atoms in total. The van der Waals surface area contributed by atoms with Gasteiger partial charge in [-0.05, 0) is 13.3 Å². The summed E-state index contributed by atoms with van der Waals surface area (Å²) in [6, 6.07) is 0. The SMILES string of the molecule is CC[C@H](Sc1nncn1C)C(=O)Nc1nnc(C)s1. The largest absolute Gasteiger partial charge is 0.312 e. The molecule has 19 heavy (non-hydrogen) atoms. The third kappa shape index (κ3) is 3.51. The number of hydrogen-bond donors (Lipinski definition) is 1. The number of carbonyl (C=O) groups is 1. The topological polar surface area (TPSA) is 85.6 Å². The third-order valence-corrected chi connectivity index (χ3v) is 4.50. The Morgan fingerprint density at radius 2 is 2.32 bits per heavy atom. The summed E-state index contributed by atoms with van der Waals surface area (Å²) < 4.78 is 1.79. The van der Waals surface area contributed by atoms with Crippen LogP contribution in [0, 0.1) is 6.92 Å². The summed E-state index contributed by atoms with van der Waals surface area (Å²) >= 11 is 2.75. The van der Waals surface area contributed by atoms with E-state index in [0.29, 0.717) is 11.6 Å². The Hall–Kier alpha value is -1.48. The maximum Gasteiger partial charge on any atom is 0.239 e. The van der Waals surface area contributed by atoms with E-state index in [1.54, 1.807) is 10.9 Å². The van der Waals surface area contributed by atoms with Crippen LogP contribution in [0.25, 0.3) is 0 Å². The number of nitrogens with zero attached hydrogens (tertiary/aromatic N) is 5.